The molecule has 0 heterocycles. The zero-order chi connectivity index (χ0) is 31.0. The highest BCUT2D eigenvalue weighted by Crippen LogP contribution is 2.25. The minimum absolute atomic E-state index is 0.247. The molecule has 0 aliphatic carbocycles. The summed E-state index contributed by atoms with van der Waals surface area (Å²) >= 11 is 1.60. The second-order valence-corrected chi connectivity index (χ2v) is 12.8. The molecule has 2 unspecified atom stereocenters. The van der Waals surface area contributed by atoms with Crippen molar-refractivity contribution in [3.8, 4) is 0 Å². The van der Waals surface area contributed by atoms with Gasteiger partial charge in [0.1, 0.15) is 17.7 Å². The molecule has 2 rings (SSSR count). The number of nitrogens with one attached hydrogen (secondary N) is 2. The van der Waals surface area contributed by atoms with Gasteiger partial charge in [0.05, 0.1) is 0 Å². The molecule has 0 saturated carbocycles. The Balaban J connectivity index is 2.42. The van der Waals surface area contributed by atoms with Crippen molar-refractivity contribution in [2.24, 2.45) is 0 Å². The summed E-state index contributed by atoms with van der Waals surface area (Å²) in [6.07, 6.45) is 8.07. The fourth-order valence-electron chi connectivity index (χ4n) is 4.68. The van der Waals surface area contributed by atoms with Crippen molar-refractivity contribution < 1.29 is 19.1 Å². The third-order valence-corrected chi connectivity index (χ3v) is 7.54. The lowest BCUT2D eigenvalue weighted by atomic mass is 10.00. The molecule has 0 aliphatic heterocycles. The summed E-state index contributed by atoms with van der Waals surface area (Å²) in [5, 5.41) is 5.89. The zero-order valence-electron chi connectivity index (χ0n) is 26.4. The van der Waals surface area contributed by atoms with E-state index in [1.54, 1.807) is 37.4 Å². The third-order valence-electron chi connectivity index (χ3n) is 6.90. The van der Waals surface area contributed by atoms with E-state index in [-0.39, 0.29) is 11.8 Å². The van der Waals surface area contributed by atoms with Crippen LogP contribution in [0, 0.1) is 6.92 Å². The second-order valence-electron chi connectivity index (χ2n) is 11.8. The molecule has 0 spiro atoms. The average Bonchev–Trinajstić information content (AvgIpc) is 2.95. The number of hydrogen-bond donors (Lipinski definition) is 2. The van der Waals surface area contributed by atoms with E-state index in [2.05, 4.69) is 17.6 Å². The molecule has 232 valence electrons. The van der Waals surface area contributed by atoms with Gasteiger partial charge in [0, 0.05) is 13.1 Å². The first-order valence-electron chi connectivity index (χ1n) is 15.2. The number of thioether (sulfide) groups is 1. The molecular formula is C34H51N3O4S. The van der Waals surface area contributed by atoms with E-state index < -0.39 is 23.8 Å². The highest BCUT2D eigenvalue weighted by Gasteiger charge is 2.36. The lowest BCUT2D eigenvalue weighted by Crippen LogP contribution is -2.53. The summed E-state index contributed by atoms with van der Waals surface area (Å²) < 4.78 is 5.50. The Labute approximate surface area is 257 Å². The molecule has 0 bridgehead atoms. The van der Waals surface area contributed by atoms with Gasteiger partial charge in [-0.1, -0.05) is 99.2 Å². The average molecular weight is 598 g/mol. The monoisotopic (exact) mass is 597 g/mol. The van der Waals surface area contributed by atoms with Crippen LogP contribution in [0.4, 0.5) is 4.79 Å². The number of alkyl carbamates (subject to hydrolysis) is 1. The molecule has 2 aromatic rings. The van der Waals surface area contributed by atoms with Crippen LogP contribution >= 0.6 is 11.8 Å². The van der Waals surface area contributed by atoms with Gasteiger partial charge in [-0.3, -0.25) is 9.59 Å². The maximum Gasteiger partial charge on any atom is 0.408 e. The molecule has 42 heavy (non-hydrogen) atoms. The predicted molar refractivity (Wildman–Crippen MR) is 173 cm³/mol. The van der Waals surface area contributed by atoms with Gasteiger partial charge in [0.15, 0.2) is 0 Å². The number of ether oxygens (including phenoxy) is 1. The molecule has 2 atom stereocenters. The van der Waals surface area contributed by atoms with Gasteiger partial charge < -0.3 is 20.3 Å². The zero-order valence-corrected chi connectivity index (χ0v) is 27.2. The first-order chi connectivity index (χ1) is 20.1. The van der Waals surface area contributed by atoms with Crippen LogP contribution < -0.4 is 10.6 Å². The first kappa shape index (κ1) is 35.2. The van der Waals surface area contributed by atoms with E-state index in [0.29, 0.717) is 25.3 Å². The Hall–Kier alpha value is -3.00. The molecule has 0 aliphatic rings. The van der Waals surface area contributed by atoms with Crippen LogP contribution in [-0.2, 0) is 20.9 Å². The van der Waals surface area contributed by atoms with Crippen molar-refractivity contribution in [2.75, 3.05) is 18.6 Å². The van der Waals surface area contributed by atoms with Gasteiger partial charge in [-0.2, -0.15) is 11.8 Å². The lowest BCUT2D eigenvalue weighted by Gasteiger charge is -2.34. The molecule has 8 heteroatoms. The van der Waals surface area contributed by atoms with Gasteiger partial charge in [-0.25, -0.2) is 4.79 Å². The summed E-state index contributed by atoms with van der Waals surface area (Å²) in [6, 6.07) is 15.8. The Bertz CT molecular complexity index is 1090. The number of carbonyl (C=O) groups excluding carboxylic acids is 3. The minimum atomic E-state index is -0.838. The van der Waals surface area contributed by atoms with Crippen LogP contribution in [0.15, 0.2) is 54.6 Å². The smallest absolute Gasteiger partial charge is 0.408 e. The largest absolute Gasteiger partial charge is 0.444 e. The summed E-state index contributed by atoms with van der Waals surface area (Å²) in [5.74, 6) is 0.152. The number of aryl methyl sites for hydroxylation is 1. The summed E-state index contributed by atoms with van der Waals surface area (Å²) in [6.45, 7) is 10.3. The van der Waals surface area contributed by atoms with Crippen molar-refractivity contribution in [1.29, 1.82) is 0 Å². The lowest BCUT2D eigenvalue weighted by molar-refractivity contribution is -0.142. The summed E-state index contributed by atoms with van der Waals surface area (Å²) in [7, 11) is 0. The van der Waals surface area contributed by atoms with Crippen molar-refractivity contribution >= 4 is 29.7 Å². The van der Waals surface area contributed by atoms with E-state index in [1.807, 2.05) is 67.8 Å². The first-order valence-corrected chi connectivity index (χ1v) is 16.6. The van der Waals surface area contributed by atoms with Crippen LogP contribution in [0.3, 0.4) is 0 Å². The van der Waals surface area contributed by atoms with E-state index in [4.69, 9.17) is 4.74 Å². The highest BCUT2D eigenvalue weighted by atomic mass is 32.2. The molecular weight excluding hydrogens is 546 g/mol. The normalized spacial score (nSPS) is 12.7. The molecule has 7 nitrogen and oxygen atoms in total. The van der Waals surface area contributed by atoms with Crippen LogP contribution in [0.2, 0.25) is 0 Å². The SMILES string of the molecule is CCCCCCCCN(C(=O)C(CCSC)NC(=O)OC(C)(C)C)C(C(=O)NCc1ccccc1)c1ccc(C)cc1. The maximum atomic E-state index is 14.3. The Morgan fingerprint density at radius 2 is 1.57 bits per heavy atom. The van der Waals surface area contributed by atoms with Crippen LogP contribution in [0.5, 0.6) is 0 Å². The van der Waals surface area contributed by atoms with E-state index in [9.17, 15) is 14.4 Å². The van der Waals surface area contributed by atoms with Gasteiger partial charge in [0.2, 0.25) is 11.8 Å². The number of amides is 3. The number of nitrogens with zero attached hydrogens (tertiary/aromatic N) is 1. The number of benzene rings is 2. The van der Waals surface area contributed by atoms with Gasteiger partial charge in [-0.05, 0) is 63.7 Å². The van der Waals surface area contributed by atoms with Crippen LogP contribution in [0.25, 0.3) is 0 Å². The van der Waals surface area contributed by atoms with E-state index >= 15 is 0 Å². The van der Waals surface area contributed by atoms with Crippen molar-refractivity contribution in [2.45, 2.75) is 104 Å². The van der Waals surface area contributed by atoms with Crippen molar-refractivity contribution in [3.63, 3.8) is 0 Å². The van der Waals surface area contributed by atoms with Crippen LogP contribution in [0.1, 0.15) is 95.4 Å². The maximum absolute atomic E-state index is 14.3. The van der Waals surface area contributed by atoms with Crippen molar-refractivity contribution in [3.05, 3.63) is 71.3 Å². The van der Waals surface area contributed by atoms with Gasteiger partial charge >= 0.3 is 6.09 Å². The summed E-state index contributed by atoms with van der Waals surface area (Å²) in [5.41, 5.74) is 2.09. The number of unbranched alkanes of at least 4 members (excludes halogenated alkanes) is 5. The Kier molecular flexibility index (Phi) is 15.5. The number of hydrogen-bond acceptors (Lipinski definition) is 5. The number of rotatable bonds is 17. The topological polar surface area (TPSA) is 87.7 Å². The second kappa shape index (κ2) is 18.5. The van der Waals surface area contributed by atoms with Crippen LogP contribution in [-0.4, -0.2) is 53.0 Å². The molecule has 2 aromatic carbocycles. The van der Waals surface area contributed by atoms with Crippen molar-refractivity contribution in [1.82, 2.24) is 15.5 Å². The van der Waals surface area contributed by atoms with Gasteiger partial charge in [-0.15, -0.1) is 0 Å². The van der Waals surface area contributed by atoms with E-state index in [0.717, 1.165) is 48.8 Å². The molecule has 0 fully saturated rings. The fraction of sp³-hybridized carbons (Fsp3) is 0.559. The van der Waals surface area contributed by atoms with Gasteiger partial charge in [0.25, 0.3) is 0 Å². The third kappa shape index (κ3) is 12.9. The minimum Gasteiger partial charge on any atom is -0.444 e. The molecule has 2 N–H and O–H groups in total. The number of carbonyl (C=O) groups is 3. The van der Waals surface area contributed by atoms with E-state index in [1.165, 1.54) is 6.42 Å². The quantitative estimate of drug-likeness (QED) is 0.189. The Morgan fingerprint density at radius 1 is 0.929 bits per heavy atom. The fourth-order valence-corrected chi connectivity index (χ4v) is 5.15. The standard InChI is InChI=1S/C34H51N3O4S/c1-7-8-9-10-11-15-23-37(32(39)29(22-24-42-6)36-33(40)41-34(3,4)5)30(28-20-18-26(2)19-21-28)31(38)35-25-27-16-13-12-14-17-27/h12-14,16-21,29-30H,7-11,15,22-25H2,1-6H3,(H,35,38)(H,36,40). The highest BCUT2D eigenvalue weighted by molar-refractivity contribution is 7.98. The predicted octanol–water partition coefficient (Wildman–Crippen LogP) is 7.19. The molecule has 0 radical (unpaired) electrons. The molecule has 0 saturated heterocycles. The Morgan fingerprint density at radius 3 is 2.19 bits per heavy atom. The summed E-state index contributed by atoms with van der Waals surface area (Å²) in [4.78, 5) is 42.8. The molecule has 0 aromatic heterocycles. The molecule has 3 amide bonds.